The van der Waals surface area contributed by atoms with Crippen molar-refractivity contribution >= 4 is 39.9 Å². The number of unbranched alkanes of at least 4 members (excludes halogenated alkanes) is 3. The van der Waals surface area contributed by atoms with E-state index in [1.807, 2.05) is 12.1 Å². The topological polar surface area (TPSA) is 99.2 Å². The van der Waals surface area contributed by atoms with Crippen molar-refractivity contribution in [3.8, 4) is 5.75 Å². The van der Waals surface area contributed by atoms with E-state index in [2.05, 4.69) is 15.9 Å². The molecule has 0 atom stereocenters. The third kappa shape index (κ3) is 5.32. The van der Waals surface area contributed by atoms with Crippen LogP contribution in [0.1, 0.15) is 37.7 Å². The van der Waals surface area contributed by atoms with Crippen LogP contribution in [0.25, 0.3) is 6.08 Å². The SMILES string of the molecule is COc1cc(Br)ccc1C=C1C(=O)N(CCCCCCC(=O)NO)C(=O)N1C. The minimum Gasteiger partial charge on any atom is -0.496 e. The molecule has 1 aliphatic rings. The van der Waals surface area contributed by atoms with Crippen molar-refractivity contribution in [2.75, 3.05) is 20.7 Å². The Bertz CT molecular complexity index is 781. The van der Waals surface area contributed by atoms with Crippen LogP contribution in [0.4, 0.5) is 4.79 Å². The van der Waals surface area contributed by atoms with Gasteiger partial charge in [0.25, 0.3) is 5.91 Å². The minimum atomic E-state index is -0.412. The van der Waals surface area contributed by atoms with E-state index in [1.54, 1.807) is 31.8 Å². The quantitative estimate of drug-likeness (QED) is 0.196. The Morgan fingerprint density at radius 1 is 1.25 bits per heavy atom. The van der Waals surface area contributed by atoms with Crippen molar-refractivity contribution in [3.05, 3.63) is 33.9 Å². The lowest BCUT2D eigenvalue weighted by molar-refractivity contribution is -0.129. The van der Waals surface area contributed by atoms with Crippen LogP contribution in [-0.2, 0) is 9.59 Å². The highest BCUT2D eigenvalue weighted by Crippen LogP contribution is 2.28. The zero-order valence-corrected chi connectivity index (χ0v) is 17.5. The van der Waals surface area contributed by atoms with Crippen molar-refractivity contribution in [2.24, 2.45) is 0 Å². The van der Waals surface area contributed by atoms with Crippen LogP contribution in [0, 0.1) is 0 Å². The Morgan fingerprint density at radius 3 is 2.64 bits per heavy atom. The first kappa shape index (κ1) is 21.9. The fourth-order valence-electron chi connectivity index (χ4n) is 2.92. The van der Waals surface area contributed by atoms with E-state index in [1.165, 1.54) is 9.80 Å². The number of methoxy groups -OCH3 is 1. The molecule has 0 aliphatic carbocycles. The van der Waals surface area contributed by atoms with E-state index in [0.717, 1.165) is 17.3 Å². The number of amides is 4. The van der Waals surface area contributed by atoms with Crippen LogP contribution in [0.15, 0.2) is 28.4 Å². The van der Waals surface area contributed by atoms with Crippen molar-refractivity contribution in [1.29, 1.82) is 0 Å². The van der Waals surface area contributed by atoms with Crippen LogP contribution in [0.3, 0.4) is 0 Å². The molecule has 0 unspecified atom stereocenters. The van der Waals surface area contributed by atoms with Crippen molar-refractivity contribution in [1.82, 2.24) is 15.3 Å². The summed E-state index contributed by atoms with van der Waals surface area (Å²) in [7, 11) is 3.12. The number of rotatable bonds is 9. The lowest BCUT2D eigenvalue weighted by atomic mass is 10.1. The molecule has 0 bridgehead atoms. The second-order valence-corrected chi connectivity index (χ2v) is 7.33. The molecule has 1 heterocycles. The van der Waals surface area contributed by atoms with Gasteiger partial charge < -0.3 is 4.74 Å². The van der Waals surface area contributed by atoms with Gasteiger partial charge in [0.2, 0.25) is 5.91 Å². The summed E-state index contributed by atoms with van der Waals surface area (Å²) in [5.74, 6) is -0.150. The molecule has 0 radical (unpaired) electrons. The van der Waals surface area contributed by atoms with Crippen LogP contribution in [0.2, 0.25) is 0 Å². The van der Waals surface area contributed by atoms with Gasteiger partial charge in [-0.1, -0.05) is 34.8 Å². The standard InChI is InChI=1S/C19H24BrN3O5/c1-22-15(11-13-8-9-14(20)12-16(13)28-2)18(25)23(19(22)26)10-6-4-3-5-7-17(24)21-27/h8-9,11-12,27H,3-7,10H2,1-2H3,(H,21,24). The van der Waals surface area contributed by atoms with E-state index in [-0.39, 0.29) is 18.4 Å². The summed E-state index contributed by atoms with van der Waals surface area (Å²) in [5, 5.41) is 8.44. The maximum absolute atomic E-state index is 12.7. The highest BCUT2D eigenvalue weighted by molar-refractivity contribution is 9.10. The van der Waals surface area contributed by atoms with Gasteiger partial charge in [0.05, 0.1) is 7.11 Å². The van der Waals surface area contributed by atoms with Crippen LogP contribution >= 0.6 is 15.9 Å². The Morgan fingerprint density at radius 2 is 1.96 bits per heavy atom. The highest BCUT2D eigenvalue weighted by atomic mass is 79.9. The molecule has 8 nitrogen and oxygen atoms in total. The summed E-state index contributed by atoms with van der Waals surface area (Å²) < 4.78 is 6.19. The third-order valence-electron chi connectivity index (χ3n) is 4.49. The average molecular weight is 454 g/mol. The fraction of sp³-hybridized carbons (Fsp3) is 0.421. The molecule has 0 saturated carbocycles. The van der Waals surface area contributed by atoms with Gasteiger partial charge in [0, 0.05) is 30.0 Å². The number of imide groups is 1. The maximum atomic E-state index is 12.7. The average Bonchev–Trinajstić information content (AvgIpc) is 2.89. The molecule has 2 N–H and O–H groups in total. The Labute approximate surface area is 172 Å². The van der Waals surface area contributed by atoms with Gasteiger partial charge in [0.15, 0.2) is 0 Å². The number of carbonyl (C=O) groups excluding carboxylic acids is 3. The minimum absolute atomic E-state index is 0.253. The van der Waals surface area contributed by atoms with E-state index in [9.17, 15) is 14.4 Å². The molecular formula is C19H24BrN3O5. The molecule has 0 spiro atoms. The molecule has 1 aromatic rings. The molecular weight excluding hydrogens is 430 g/mol. The Kier molecular flexibility index (Phi) is 8.01. The van der Waals surface area contributed by atoms with E-state index in [0.29, 0.717) is 36.4 Å². The van der Waals surface area contributed by atoms with Gasteiger partial charge in [-0.15, -0.1) is 0 Å². The number of hydrogen-bond acceptors (Lipinski definition) is 5. The fourth-order valence-corrected chi connectivity index (χ4v) is 3.26. The molecule has 1 aliphatic heterocycles. The normalized spacial score (nSPS) is 15.5. The predicted octanol–water partition coefficient (Wildman–Crippen LogP) is 3.15. The monoisotopic (exact) mass is 453 g/mol. The Balaban J connectivity index is 1.98. The predicted molar refractivity (Wildman–Crippen MR) is 107 cm³/mol. The lowest BCUT2D eigenvalue weighted by Crippen LogP contribution is -2.32. The van der Waals surface area contributed by atoms with Gasteiger partial charge >= 0.3 is 6.03 Å². The summed E-state index contributed by atoms with van der Waals surface area (Å²) in [6.45, 7) is 0.322. The number of nitrogens with zero attached hydrogens (tertiary/aromatic N) is 2. The molecule has 2 rings (SSSR count). The van der Waals surface area contributed by atoms with Gasteiger partial charge in [-0.2, -0.15) is 0 Å². The molecule has 9 heteroatoms. The molecule has 0 aromatic heterocycles. The number of hydrogen-bond donors (Lipinski definition) is 2. The van der Waals surface area contributed by atoms with Crippen LogP contribution in [0.5, 0.6) is 5.75 Å². The summed E-state index contributed by atoms with van der Waals surface area (Å²) >= 11 is 3.38. The van der Waals surface area contributed by atoms with Gasteiger partial charge in [-0.25, -0.2) is 10.3 Å². The van der Waals surface area contributed by atoms with E-state index < -0.39 is 5.91 Å². The number of likely N-dealkylation sites (N-methyl/N-ethyl adjacent to an activating group) is 1. The van der Waals surface area contributed by atoms with Gasteiger partial charge in [0.1, 0.15) is 11.4 Å². The van der Waals surface area contributed by atoms with Crippen LogP contribution < -0.4 is 10.2 Å². The molecule has 4 amide bonds. The van der Waals surface area contributed by atoms with E-state index in [4.69, 9.17) is 9.94 Å². The molecule has 152 valence electrons. The highest BCUT2D eigenvalue weighted by Gasteiger charge is 2.38. The number of hydroxylamine groups is 1. The van der Waals surface area contributed by atoms with E-state index >= 15 is 0 Å². The molecule has 1 saturated heterocycles. The summed E-state index contributed by atoms with van der Waals surface area (Å²) in [4.78, 5) is 38.7. The third-order valence-corrected chi connectivity index (χ3v) is 4.98. The Hall–Kier alpha value is -2.39. The smallest absolute Gasteiger partial charge is 0.331 e. The number of ether oxygens (including phenoxy) is 1. The van der Waals surface area contributed by atoms with Crippen molar-refractivity contribution < 1.29 is 24.3 Å². The van der Waals surface area contributed by atoms with Gasteiger partial charge in [-0.05, 0) is 31.1 Å². The summed E-state index contributed by atoms with van der Waals surface area (Å²) in [6.07, 6.45) is 4.75. The second-order valence-electron chi connectivity index (χ2n) is 6.41. The van der Waals surface area contributed by atoms with Crippen molar-refractivity contribution in [3.63, 3.8) is 0 Å². The lowest BCUT2D eigenvalue weighted by Gasteiger charge is -2.12. The zero-order valence-electron chi connectivity index (χ0n) is 15.9. The summed E-state index contributed by atoms with van der Waals surface area (Å²) in [5.41, 5.74) is 2.60. The van der Waals surface area contributed by atoms with Crippen molar-refractivity contribution in [2.45, 2.75) is 32.1 Å². The van der Waals surface area contributed by atoms with Crippen LogP contribution in [-0.4, -0.2) is 53.6 Å². The number of nitrogens with one attached hydrogen (secondary N) is 1. The first-order valence-corrected chi connectivity index (χ1v) is 9.76. The number of carbonyl (C=O) groups is 3. The molecule has 1 fully saturated rings. The molecule has 1 aromatic carbocycles. The number of benzene rings is 1. The maximum Gasteiger partial charge on any atom is 0.331 e. The zero-order chi connectivity index (χ0) is 20.7. The number of urea groups is 1. The molecule has 28 heavy (non-hydrogen) atoms. The first-order chi connectivity index (χ1) is 13.4. The summed E-state index contributed by atoms with van der Waals surface area (Å²) in [6, 6.07) is 5.09. The largest absolute Gasteiger partial charge is 0.496 e. The van der Waals surface area contributed by atoms with Gasteiger partial charge in [-0.3, -0.25) is 24.6 Å². The number of halogens is 1. The first-order valence-electron chi connectivity index (χ1n) is 8.96. The second kappa shape index (κ2) is 10.2.